The minimum absolute atomic E-state index is 0.0121. The van der Waals surface area contributed by atoms with Crippen LogP contribution in [0.3, 0.4) is 0 Å². The molecule has 1 aliphatic carbocycles. The number of allylic oxidation sites excluding steroid dienone is 5. The fourth-order valence-electron chi connectivity index (χ4n) is 16.4. The van der Waals surface area contributed by atoms with E-state index in [9.17, 15) is 48.3 Å². The van der Waals surface area contributed by atoms with Crippen molar-refractivity contribution in [2.24, 2.45) is 35.3 Å². The van der Waals surface area contributed by atoms with Crippen LogP contribution in [0.5, 0.6) is 5.75 Å². The van der Waals surface area contributed by atoms with Gasteiger partial charge in [0.2, 0.25) is 11.7 Å². The highest BCUT2D eigenvalue weighted by Gasteiger charge is 2.53. The lowest BCUT2D eigenvalue weighted by molar-refractivity contribution is -0.265. The number of nitrogens with two attached hydrogens (primary N) is 2. The summed E-state index contributed by atoms with van der Waals surface area (Å²) < 4.78 is 100. The zero-order valence-electron chi connectivity index (χ0n) is 76.4. The van der Waals surface area contributed by atoms with Gasteiger partial charge in [-0.25, -0.2) is 9.78 Å². The quantitative estimate of drug-likeness (QED) is 0.00931. The predicted octanol–water partition coefficient (Wildman–Crippen LogP) is 8.00. The lowest BCUT2D eigenvalue weighted by Gasteiger charge is -2.43. The number of Topliss-reactive ketones (excluding diaryl/α,β-unsaturated/α-hetero) is 2. The number of anilines is 1. The Hall–Kier alpha value is -7.43. The van der Waals surface area contributed by atoms with Crippen molar-refractivity contribution in [3.63, 3.8) is 0 Å². The van der Waals surface area contributed by atoms with Crippen LogP contribution < -0.4 is 26.8 Å². The van der Waals surface area contributed by atoms with E-state index in [0.29, 0.717) is 211 Å². The molecule has 2 saturated heterocycles. The zero-order chi connectivity index (χ0) is 92.5. The number of pyridine rings is 1. The second kappa shape index (κ2) is 56.4. The first-order chi connectivity index (χ1) is 61.6. The molecule has 1 saturated carbocycles. The molecule has 5 heterocycles. The van der Waals surface area contributed by atoms with Crippen molar-refractivity contribution in [3.05, 3.63) is 119 Å². The maximum atomic E-state index is 14.7. The number of rotatable bonds is 40. The number of hydrogen-bond donors (Lipinski definition) is 7. The Bertz CT molecular complexity index is 4100. The Labute approximate surface area is 762 Å². The van der Waals surface area contributed by atoms with Crippen LogP contribution in [0.15, 0.2) is 107 Å². The number of aryl methyl sites for hydroxylation is 1. The van der Waals surface area contributed by atoms with Gasteiger partial charge >= 0.3 is 5.97 Å². The van der Waals surface area contributed by atoms with Crippen LogP contribution in [0, 0.1) is 36.5 Å². The summed E-state index contributed by atoms with van der Waals surface area (Å²) in [4.78, 5) is 91.6. The number of ketones is 2. The maximum absolute atomic E-state index is 14.7. The highest BCUT2D eigenvalue weighted by atomic mass is 32.2. The monoisotopic (exact) mass is 1830 g/mol. The Kier molecular flexibility index (Phi) is 46.7. The Balaban J connectivity index is 0.641. The molecule has 0 spiro atoms. The van der Waals surface area contributed by atoms with Crippen LogP contribution in [0.25, 0.3) is 11.1 Å². The maximum Gasteiger partial charge on any atom is 0.329 e. The summed E-state index contributed by atoms with van der Waals surface area (Å²) in [5.41, 5.74) is 18.1. The normalized spacial score (nSPS) is 26.9. The molecule has 3 aromatic rings. The minimum Gasteiger partial charge on any atom is -0.491 e. The fraction of sp³-hybridized carbons (Fsp3) is 0.660. The van der Waals surface area contributed by atoms with Crippen LogP contribution in [0.4, 0.5) is 5.82 Å². The number of methoxy groups -OCH3 is 3. The van der Waals surface area contributed by atoms with Crippen LogP contribution in [0.1, 0.15) is 146 Å². The van der Waals surface area contributed by atoms with Crippen LogP contribution in [0.2, 0.25) is 0 Å². The number of aromatic nitrogens is 1. The molecule has 714 valence electrons. The number of benzene rings is 2. The van der Waals surface area contributed by atoms with E-state index < -0.39 is 113 Å². The molecule has 9 N–H and O–H groups in total. The van der Waals surface area contributed by atoms with Gasteiger partial charge in [0.05, 0.1) is 147 Å². The molecule has 3 amide bonds. The van der Waals surface area contributed by atoms with Crippen molar-refractivity contribution in [1.29, 1.82) is 0 Å². The summed E-state index contributed by atoms with van der Waals surface area (Å²) in [5, 5.41) is 41.9. The van der Waals surface area contributed by atoms with Gasteiger partial charge in [-0.05, 0) is 174 Å². The van der Waals surface area contributed by atoms with Crippen LogP contribution in [-0.4, -0.2) is 307 Å². The molecule has 2 bridgehead atoms. The summed E-state index contributed by atoms with van der Waals surface area (Å²) in [5.74, 6) is -6.75. The van der Waals surface area contributed by atoms with Gasteiger partial charge in [-0.1, -0.05) is 70.2 Å². The van der Waals surface area contributed by atoms with E-state index in [1.807, 2.05) is 82.3 Å². The number of thiocarbonyl (C=S) groups is 1. The van der Waals surface area contributed by atoms with E-state index in [-0.39, 0.29) is 85.7 Å². The minimum atomic E-state index is -2.48. The first-order valence-corrected chi connectivity index (χ1v) is 46.8. The number of nitrogens with one attached hydrogen (secondary N) is 2. The first-order valence-electron chi connectivity index (χ1n) is 45.1. The van der Waals surface area contributed by atoms with Crippen molar-refractivity contribution in [2.75, 3.05) is 171 Å². The van der Waals surface area contributed by atoms with Gasteiger partial charge in [0.15, 0.2) is 5.78 Å². The molecule has 128 heavy (non-hydrogen) atoms. The average molecular weight is 1830 g/mol. The van der Waals surface area contributed by atoms with E-state index in [4.69, 9.17) is 94.7 Å². The number of carbonyl (C=O) groups is 6. The Morgan fingerprint density at radius 2 is 1.35 bits per heavy atom. The SMILES string of the molecule is CO[C@H]1C[C@@H]2CC[C@@H](C)[C@@](O)(O2)C(=O)C(=O)N2CCCC[C@H]2C(=O)O[C@H]([C@H](N)C[C@@H]2CC[C@@H](OC(=S)NCCOCCOCCOCCOCCOCCOCCOCCOCCC(=O)NCCS(=O)c3ccc(C(=O)N4CCOc5ccc(-c6ccc(N)nc6)cc5C4)c(C)c3)[C@H](OC)C2)C[C@@H](O)[C@H](C)/C=C(\C)[C@@H](O)[C@@H](OC)C(=O)[C@H](C)C[C@H](C)/C=C/C=CC=C1C. The van der Waals surface area contributed by atoms with Gasteiger partial charge in [0.1, 0.15) is 48.6 Å². The molecule has 1 aromatic heterocycles. The molecule has 2 aromatic carbocycles. The third-order valence-electron chi connectivity index (χ3n) is 24.0. The molecular formula is C94H141N7O25S2. The zero-order valence-corrected chi connectivity index (χ0v) is 78.0. The van der Waals surface area contributed by atoms with Crippen LogP contribution >= 0.6 is 12.2 Å². The number of aliphatic hydroxyl groups is 3. The molecule has 32 nitrogen and oxygen atoms in total. The van der Waals surface area contributed by atoms with E-state index in [1.54, 1.807) is 76.4 Å². The van der Waals surface area contributed by atoms with E-state index in [1.165, 1.54) is 12.0 Å². The van der Waals surface area contributed by atoms with Crippen molar-refractivity contribution >= 4 is 69.3 Å². The molecule has 34 heteroatoms. The van der Waals surface area contributed by atoms with Crippen molar-refractivity contribution in [2.45, 2.75) is 210 Å². The van der Waals surface area contributed by atoms with Gasteiger partial charge in [0.25, 0.3) is 22.8 Å². The number of nitrogen functional groups attached to an aromatic ring is 1. The largest absolute Gasteiger partial charge is 0.491 e. The highest BCUT2D eigenvalue weighted by Crippen LogP contribution is 2.39. The molecule has 0 radical (unpaired) electrons. The summed E-state index contributed by atoms with van der Waals surface area (Å²) in [6.45, 7) is 20.2. The summed E-state index contributed by atoms with van der Waals surface area (Å²) in [6, 6.07) is 12.6. The standard InChI is InChI=1S/C94H141N7O25S2/c1-62-16-12-11-13-17-63(2)81(112-8)58-73-23-19-68(7)94(110,126-73)89(106)91(108)101-32-15-14-18-77(101)92(109)124-82(59-78(102)65(4)53-67(6)87(105)88(114-10)86(104)66(5)52-62)76(95)55-69-20-26-80(83(56-69)113-9)125-93(127)98-30-35-116-38-40-118-42-44-120-46-48-122-50-49-121-47-45-119-43-41-117-39-37-115-34-29-85(103)97-31-51-128(111)74-24-25-75(64(3)54-74)90(107)100-33-36-123-79-27-21-70(57-72(79)61-100)71-22-28-84(96)99-60-71/h11-13,16-17,21-22,24-25,27-28,53-54,57,60,62,65-66,68-69,73,76-78,80-83,87-88,102,105,110H,14-15,18-20,23,26,29-52,55-56,58-59,61,95H2,1-10H3,(H2,96,99)(H,97,103)(H,98,127)/b13-11?,16-12+,63-17?,67-53+/t62-,65-,66-,68-,69+,73+,76-,77+,78-,80-,81+,82+,83-,87-,88+,94-,128?/m1/s1. The third-order valence-corrected chi connectivity index (χ3v) is 25.6. The number of nitrogens with zero attached hydrogens (tertiary/aromatic N) is 3. The number of esters is 1. The number of cyclic esters (lactones) is 1. The molecule has 4 aliphatic heterocycles. The number of hydrogen-bond acceptors (Lipinski definition) is 29. The molecule has 17 atom stereocenters. The summed E-state index contributed by atoms with van der Waals surface area (Å²) in [7, 11) is 3.14. The van der Waals surface area contributed by atoms with E-state index >= 15 is 0 Å². The van der Waals surface area contributed by atoms with Crippen molar-refractivity contribution in [1.82, 2.24) is 25.4 Å². The Morgan fingerprint density at radius 1 is 0.695 bits per heavy atom. The topological polar surface area (TPSA) is 414 Å². The van der Waals surface area contributed by atoms with E-state index in [2.05, 4.69) is 15.6 Å². The van der Waals surface area contributed by atoms with Gasteiger partial charge in [-0.3, -0.25) is 28.2 Å². The second-order valence-electron chi connectivity index (χ2n) is 33.7. The third kappa shape index (κ3) is 34.3. The van der Waals surface area contributed by atoms with E-state index in [0.717, 1.165) is 28.0 Å². The fourth-order valence-corrected chi connectivity index (χ4v) is 17.6. The van der Waals surface area contributed by atoms with Gasteiger partial charge in [0, 0.05) is 124 Å². The average Bonchev–Trinajstić information content (AvgIpc) is 0.933. The Morgan fingerprint density at radius 3 is 1.98 bits per heavy atom. The number of ether oxygens (including phenoxy) is 15. The first kappa shape index (κ1) is 106. The number of fused-ring (bicyclic) bond motifs is 4. The molecule has 8 rings (SSSR count). The summed E-state index contributed by atoms with van der Waals surface area (Å²) in [6.07, 6.45) is 11.1. The summed E-state index contributed by atoms with van der Waals surface area (Å²) >= 11 is 5.60. The molecule has 5 aliphatic rings. The van der Waals surface area contributed by atoms with Crippen molar-refractivity contribution in [3.8, 4) is 16.9 Å². The highest BCUT2D eigenvalue weighted by molar-refractivity contribution is 7.85. The second-order valence-corrected chi connectivity index (χ2v) is 35.6. The van der Waals surface area contributed by atoms with Crippen molar-refractivity contribution < 1.29 is 119 Å². The molecule has 1 unspecified atom stereocenters. The number of amides is 3. The smallest absolute Gasteiger partial charge is 0.329 e. The number of piperidine rings is 1. The van der Waals surface area contributed by atoms with Crippen LogP contribution in [-0.2, 0) is 108 Å². The lowest BCUT2D eigenvalue weighted by Crippen LogP contribution is -2.61. The number of carbonyl (C=O) groups excluding carboxylic acids is 6. The molecule has 3 fully saturated rings. The van der Waals surface area contributed by atoms with Gasteiger partial charge in [-0.2, -0.15) is 0 Å². The van der Waals surface area contributed by atoms with Gasteiger partial charge < -0.3 is 118 Å². The molecular weight excluding hydrogens is 1690 g/mol. The predicted molar refractivity (Wildman–Crippen MR) is 485 cm³/mol. The lowest BCUT2D eigenvalue weighted by atomic mass is 9.80. The number of aliphatic hydroxyl groups excluding tert-OH is 2. The van der Waals surface area contributed by atoms with Gasteiger partial charge in [-0.15, -0.1) is 0 Å².